The summed E-state index contributed by atoms with van der Waals surface area (Å²) < 4.78 is 42.9. The zero-order valence-electron chi connectivity index (χ0n) is 19.9. The highest BCUT2D eigenvalue weighted by atomic mass is 19.4. The minimum absolute atomic E-state index is 0.0521. The Morgan fingerprint density at radius 2 is 1.24 bits per heavy atom. The second-order valence-corrected chi connectivity index (χ2v) is 10.4. The van der Waals surface area contributed by atoms with Gasteiger partial charge in [0.15, 0.2) is 0 Å². The van der Waals surface area contributed by atoms with Crippen LogP contribution in [0.1, 0.15) is 64.2 Å². The van der Waals surface area contributed by atoms with Crippen LogP contribution in [0, 0.1) is 17.8 Å². The number of carbonyl (C=O) groups excluding carboxylic acids is 3. The van der Waals surface area contributed by atoms with Crippen LogP contribution in [0.3, 0.4) is 0 Å². The molecule has 0 atom stereocenters. The van der Waals surface area contributed by atoms with Gasteiger partial charge in [-0.05, 0) is 76.0 Å². The van der Waals surface area contributed by atoms with E-state index in [1.807, 2.05) is 9.80 Å². The summed E-state index contributed by atoms with van der Waals surface area (Å²) in [5.41, 5.74) is 0. The highest BCUT2D eigenvalue weighted by Crippen LogP contribution is 2.39. The molecule has 7 nitrogen and oxygen atoms in total. The summed E-state index contributed by atoms with van der Waals surface area (Å²) in [4.78, 5) is 41.4. The summed E-state index contributed by atoms with van der Waals surface area (Å²) in [5, 5.41) is 0. The van der Waals surface area contributed by atoms with E-state index in [0.717, 1.165) is 69.4 Å². The number of hydrogen-bond donors (Lipinski definition) is 0. The molecule has 10 heteroatoms. The third-order valence-corrected chi connectivity index (χ3v) is 8.66. The van der Waals surface area contributed by atoms with Gasteiger partial charge in [0.1, 0.15) is 0 Å². The zero-order chi connectivity index (χ0) is 24.5. The van der Waals surface area contributed by atoms with E-state index in [1.165, 1.54) is 7.11 Å². The lowest BCUT2D eigenvalue weighted by molar-refractivity contribution is -0.187. The van der Waals surface area contributed by atoms with E-state index in [1.54, 1.807) is 0 Å². The average Bonchev–Trinajstić information content (AvgIpc) is 3.24. The van der Waals surface area contributed by atoms with Crippen LogP contribution >= 0.6 is 0 Å². The third-order valence-electron chi connectivity index (χ3n) is 8.66. The number of rotatable bonds is 4. The Balaban J connectivity index is 1.21. The Hall–Kier alpha value is -2.00. The molecule has 4 aliphatic rings. The molecule has 192 valence electrons. The van der Waals surface area contributed by atoms with Gasteiger partial charge in [0.2, 0.25) is 0 Å². The molecule has 4 rings (SSSR count). The predicted molar refractivity (Wildman–Crippen MR) is 118 cm³/mol. The maximum Gasteiger partial charge on any atom is 0.471 e. The lowest BCUT2D eigenvalue weighted by atomic mass is 9.74. The molecule has 2 saturated carbocycles. The number of methoxy groups -OCH3 is 1. The van der Waals surface area contributed by atoms with E-state index in [-0.39, 0.29) is 43.1 Å². The van der Waals surface area contributed by atoms with Gasteiger partial charge in [-0.2, -0.15) is 13.2 Å². The highest BCUT2D eigenvalue weighted by molar-refractivity contribution is 5.82. The number of halogens is 3. The van der Waals surface area contributed by atoms with Crippen molar-refractivity contribution in [3.63, 3.8) is 0 Å². The molecule has 0 aromatic carbocycles. The Kier molecular flexibility index (Phi) is 7.62. The summed E-state index contributed by atoms with van der Waals surface area (Å²) in [7, 11) is 1.42. The molecule has 0 bridgehead atoms. The van der Waals surface area contributed by atoms with E-state index in [0.29, 0.717) is 24.7 Å². The molecule has 34 heavy (non-hydrogen) atoms. The van der Waals surface area contributed by atoms with Crippen LogP contribution in [-0.2, 0) is 14.3 Å². The largest absolute Gasteiger partial charge is 0.471 e. The van der Waals surface area contributed by atoms with Gasteiger partial charge in [-0.15, -0.1) is 0 Å². The predicted octanol–water partition coefficient (Wildman–Crippen LogP) is 3.82. The first kappa shape index (κ1) is 25.1. The molecule has 0 aromatic rings. The molecule has 0 aromatic heterocycles. The molecular weight excluding hydrogens is 451 g/mol. The Morgan fingerprint density at radius 3 is 1.71 bits per heavy atom. The van der Waals surface area contributed by atoms with Crippen LogP contribution in [0.5, 0.6) is 0 Å². The van der Waals surface area contributed by atoms with E-state index in [4.69, 9.17) is 4.74 Å². The third kappa shape index (κ3) is 5.30. The smallest absolute Gasteiger partial charge is 0.469 e. The van der Waals surface area contributed by atoms with Gasteiger partial charge in [0, 0.05) is 38.3 Å². The summed E-state index contributed by atoms with van der Waals surface area (Å²) in [6, 6.07) is 0.537. The van der Waals surface area contributed by atoms with Gasteiger partial charge in [-0.25, -0.2) is 4.79 Å². The Bertz CT molecular complexity index is 753. The maximum atomic E-state index is 13.2. The first-order chi connectivity index (χ1) is 16.2. The molecule has 4 fully saturated rings. The van der Waals surface area contributed by atoms with E-state index in [9.17, 15) is 27.6 Å². The van der Waals surface area contributed by atoms with Crippen molar-refractivity contribution < 1.29 is 32.3 Å². The number of carbonyl (C=O) groups is 3. The van der Waals surface area contributed by atoms with Crippen LogP contribution in [0.2, 0.25) is 0 Å². The topological polar surface area (TPSA) is 70.2 Å². The summed E-state index contributed by atoms with van der Waals surface area (Å²) >= 11 is 0. The monoisotopic (exact) mass is 487 g/mol. The van der Waals surface area contributed by atoms with Gasteiger partial charge >= 0.3 is 24.1 Å². The summed E-state index contributed by atoms with van der Waals surface area (Å²) in [5.74, 6) is -1.10. The minimum atomic E-state index is -4.79. The molecule has 2 aliphatic heterocycles. The van der Waals surface area contributed by atoms with Gasteiger partial charge in [0.25, 0.3) is 0 Å². The fraction of sp³-hybridized carbons (Fsp3) is 0.875. The molecule has 2 aliphatic carbocycles. The van der Waals surface area contributed by atoms with Crippen molar-refractivity contribution in [3.05, 3.63) is 0 Å². The van der Waals surface area contributed by atoms with Crippen molar-refractivity contribution in [2.45, 2.75) is 82.5 Å². The first-order valence-corrected chi connectivity index (χ1v) is 12.7. The molecule has 3 amide bonds. The van der Waals surface area contributed by atoms with E-state index >= 15 is 0 Å². The molecule has 0 radical (unpaired) electrons. The normalized spacial score (nSPS) is 31.6. The molecule has 0 unspecified atom stereocenters. The van der Waals surface area contributed by atoms with Crippen LogP contribution in [0.15, 0.2) is 0 Å². The van der Waals surface area contributed by atoms with Crippen molar-refractivity contribution in [2.75, 3.05) is 33.3 Å². The van der Waals surface area contributed by atoms with Crippen molar-refractivity contribution >= 4 is 17.9 Å². The summed E-state index contributed by atoms with van der Waals surface area (Å²) in [6.45, 7) is 1.84. The number of likely N-dealkylation sites (tertiary alicyclic amines) is 1. The number of ether oxygens (including phenoxy) is 1. The standard InChI is InChI=1S/C24H36F3N3O4/c1-34-21(31)18-4-8-20(9-5-18)30-15-14-29(23(30)33)19-6-2-16(3-7-19)17-10-12-28(13-11-17)22(32)24(25,26)27/h16-20H,2-15H2,1H3. The molecule has 0 N–H and O–H groups in total. The van der Waals surface area contributed by atoms with E-state index in [2.05, 4.69) is 0 Å². The Labute approximate surface area is 198 Å². The van der Waals surface area contributed by atoms with Crippen LogP contribution < -0.4 is 0 Å². The number of nitrogens with zero attached hydrogens (tertiary/aromatic N) is 3. The number of amides is 3. The molecule has 0 spiro atoms. The second kappa shape index (κ2) is 10.3. The molecule has 2 heterocycles. The quantitative estimate of drug-likeness (QED) is 0.566. The fourth-order valence-corrected chi connectivity index (χ4v) is 6.68. The number of hydrogen-bond acceptors (Lipinski definition) is 4. The van der Waals surface area contributed by atoms with Gasteiger partial charge in [-0.1, -0.05) is 0 Å². The highest BCUT2D eigenvalue weighted by Gasteiger charge is 2.45. The zero-order valence-corrected chi connectivity index (χ0v) is 19.9. The second-order valence-electron chi connectivity index (χ2n) is 10.4. The molecule has 2 saturated heterocycles. The number of alkyl halides is 3. The number of piperidine rings is 1. The Morgan fingerprint density at radius 1 is 0.765 bits per heavy atom. The SMILES string of the molecule is COC(=O)C1CCC(N2CCN(C3CCC(C4CCN(C(=O)C(F)(F)F)CC4)CC3)C2=O)CC1. The van der Waals surface area contributed by atoms with Crippen LogP contribution in [-0.4, -0.2) is 84.2 Å². The van der Waals surface area contributed by atoms with Crippen LogP contribution in [0.25, 0.3) is 0 Å². The maximum absolute atomic E-state index is 13.2. The molecular formula is C24H36F3N3O4. The van der Waals surface area contributed by atoms with Gasteiger partial charge in [0.05, 0.1) is 13.0 Å². The lowest BCUT2D eigenvalue weighted by Gasteiger charge is -2.41. The van der Waals surface area contributed by atoms with Gasteiger partial charge in [-0.3, -0.25) is 9.59 Å². The van der Waals surface area contributed by atoms with Gasteiger partial charge < -0.3 is 19.4 Å². The fourth-order valence-electron chi connectivity index (χ4n) is 6.68. The van der Waals surface area contributed by atoms with E-state index < -0.39 is 12.1 Å². The van der Waals surface area contributed by atoms with Crippen molar-refractivity contribution in [3.8, 4) is 0 Å². The van der Waals surface area contributed by atoms with Crippen LogP contribution in [0.4, 0.5) is 18.0 Å². The lowest BCUT2D eigenvalue weighted by Crippen LogP contribution is -2.47. The van der Waals surface area contributed by atoms with Crippen molar-refractivity contribution in [1.82, 2.24) is 14.7 Å². The first-order valence-electron chi connectivity index (χ1n) is 12.7. The minimum Gasteiger partial charge on any atom is -0.469 e. The average molecular weight is 488 g/mol. The van der Waals surface area contributed by atoms with Crippen molar-refractivity contribution in [2.24, 2.45) is 17.8 Å². The van der Waals surface area contributed by atoms with Crippen molar-refractivity contribution in [1.29, 1.82) is 0 Å². The summed E-state index contributed by atoms with van der Waals surface area (Å²) in [6.07, 6.45) is 3.49. The number of urea groups is 1. The number of esters is 1.